The zero-order valence-electron chi connectivity index (χ0n) is 14.9. The number of rotatable bonds is 9. The molecule has 1 aliphatic heterocycles. The molecule has 1 fully saturated rings. The van der Waals surface area contributed by atoms with E-state index >= 15 is 0 Å². The minimum Gasteiger partial charge on any atom is -0.333 e. The van der Waals surface area contributed by atoms with Crippen molar-refractivity contribution < 1.29 is 0 Å². The van der Waals surface area contributed by atoms with Crippen LogP contribution in [0.4, 0.5) is 0 Å². The molecule has 1 aliphatic rings. The fourth-order valence-corrected chi connectivity index (χ4v) is 4.09. The molecule has 6 heteroatoms. The van der Waals surface area contributed by atoms with Crippen molar-refractivity contribution in [2.24, 2.45) is 5.73 Å². The molecule has 0 bridgehead atoms. The van der Waals surface area contributed by atoms with E-state index in [1.807, 2.05) is 30.5 Å². The second-order valence-electron chi connectivity index (χ2n) is 6.58. The van der Waals surface area contributed by atoms with E-state index in [2.05, 4.69) is 43.6 Å². The molecule has 2 N–H and O–H groups in total. The Morgan fingerprint density at radius 2 is 1.64 bits per heavy atom. The smallest absolute Gasteiger partial charge is 0.0949 e. The SMILES string of the molecule is NCCN1CCN(CCSCc2ccc(Cn3ccnc3)cc2)CC1. The number of nitrogens with two attached hydrogens (primary N) is 1. The Hall–Kier alpha value is -1.34. The van der Waals surface area contributed by atoms with E-state index in [1.54, 1.807) is 0 Å². The predicted molar refractivity (Wildman–Crippen MR) is 106 cm³/mol. The lowest BCUT2D eigenvalue weighted by Gasteiger charge is -2.34. The standard InChI is InChI=1S/C19H29N5S/c20-5-7-22-9-11-23(12-10-22)13-14-25-16-19-3-1-18(2-4-19)15-24-8-6-21-17-24/h1-4,6,8,17H,5,7,9-16,20H2. The van der Waals surface area contributed by atoms with Crippen LogP contribution in [0.2, 0.25) is 0 Å². The van der Waals surface area contributed by atoms with Gasteiger partial charge in [0, 0.05) is 76.3 Å². The first-order chi connectivity index (χ1) is 12.3. The van der Waals surface area contributed by atoms with Gasteiger partial charge in [0.05, 0.1) is 6.33 Å². The molecule has 2 heterocycles. The fourth-order valence-electron chi connectivity index (χ4n) is 3.13. The van der Waals surface area contributed by atoms with Gasteiger partial charge in [0.2, 0.25) is 0 Å². The van der Waals surface area contributed by atoms with E-state index < -0.39 is 0 Å². The third-order valence-electron chi connectivity index (χ3n) is 4.68. The van der Waals surface area contributed by atoms with Gasteiger partial charge in [-0.2, -0.15) is 11.8 Å². The van der Waals surface area contributed by atoms with E-state index in [-0.39, 0.29) is 0 Å². The summed E-state index contributed by atoms with van der Waals surface area (Å²) in [5.74, 6) is 2.30. The van der Waals surface area contributed by atoms with Crippen molar-refractivity contribution >= 4 is 11.8 Å². The van der Waals surface area contributed by atoms with Crippen molar-refractivity contribution in [3.63, 3.8) is 0 Å². The Labute approximate surface area is 155 Å². The first-order valence-corrected chi connectivity index (χ1v) is 10.2. The van der Waals surface area contributed by atoms with Gasteiger partial charge in [-0.05, 0) is 11.1 Å². The Balaban J connectivity index is 1.31. The molecule has 1 saturated heterocycles. The zero-order chi connectivity index (χ0) is 17.3. The Morgan fingerprint density at radius 1 is 0.960 bits per heavy atom. The summed E-state index contributed by atoms with van der Waals surface area (Å²) < 4.78 is 2.09. The summed E-state index contributed by atoms with van der Waals surface area (Å²) in [7, 11) is 0. The molecule has 0 saturated carbocycles. The second kappa shape index (κ2) is 9.97. The summed E-state index contributed by atoms with van der Waals surface area (Å²) in [6.45, 7) is 8.60. The molecule has 136 valence electrons. The van der Waals surface area contributed by atoms with Crippen LogP contribution >= 0.6 is 11.8 Å². The maximum atomic E-state index is 5.63. The molecule has 0 unspecified atom stereocenters. The maximum absolute atomic E-state index is 5.63. The molecule has 0 radical (unpaired) electrons. The van der Waals surface area contributed by atoms with Crippen molar-refractivity contribution in [2.45, 2.75) is 12.3 Å². The highest BCUT2D eigenvalue weighted by Crippen LogP contribution is 2.14. The van der Waals surface area contributed by atoms with E-state index in [4.69, 9.17) is 5.73 Å². The van der Waals surface area contributed by atoms with Gasteiger partial charge in [-0.15, -0.1) is 0 Å². The quantitative estimate of drug-likeness (QED) is 0.691. The van der Waals surface area contributed by atoms with E-state index in [9.17, 15) is 0 Å². The van der Waals surface area contributed by atoms with Gasteiger partial charge in [-0.25, -0.2) is 4.98 Å². The highest BCUT2D eigenvalue weighted by atomic mass is 32.2. The van der Waals surface area contributed by atoms with Crippen LogP contribution in [0.3, 0.4) is 0 Å². The average molecular weight is 360 g/mol. The van der Waals surface area contributed by atoms with Crippen molar-refractivity contribution in [1.29, 1.82) is 0 Å². The lowest BCUT2D eigenvalue weighted by Crippen LogP contribution is -2.48. The number of aromatic nitrogens is 2. The van der Waals surface area contributed by atoms with Gasteiger partial charge in [-0.1, -0.05) is 24.3 Å². The summed E-state index contributed by atoms with van der Waals surface area (Å²) in [5.41, 5.74) is 8.36. The Kier molecular flexibility index (Phi) is 7.36. The van der Waals surface area contributed by atoms with Crippen LogP contribution in [0, 0.1) is 0 Å². The van der Waals surface area contributed by atoms with E-state index in [1.165, 1.54) is 49.6 Å². The van der Waals surface area contributed by atoms with Crippen LogP contribution in [0.15, 0.2) is 43.0 Å². The van der Waals surface area contributed by atoms with Crippen molar-refractivity contribution in [3.05, 3.63) is 54.1 Å². The van der Waals surface area contributed by atoms with Gasteiger partial charge in [0.25, 0.3) is 0 Å². The zero-order valence-corrected chi connectivity index (χ0v) is 15.7. The molecule has 0 aliphatic carbocycles. The summed E-state index contributed by atoms with van der Waals surface area (Å²) in [4.78, 5) is 9.13. The highest BCUT2D eigenvalue weighted by Gasteiger charge is 2.15. The lowest BCUT2D eigenvalue weighted by molar-refractivity contribution is 0.141. The fraction of sp³-hybridized carbons (Fsp3) is 0.526. The summed E-state index contributed by atoms with van der Waals surface area (Å²) in [6, 6.07) is 8.97. The number of nitrogens with zero attached hydrogens (tertiary/aromatic N) is 4. The molecule has 1 aromatic heterocycles. The van der Waals surface area contributed by atoms with Gasteiger partial charge in [0.1, 0.15) is 0 Å². The Morgan fingerprint density at radius 3 is 2.28 bits per heavy atom. The number of piperazine rings is 1. The predicted octanol–water partition coefficient (Wildman–Crippen LogP) is 1.74. The highest BCUT2D eigenvalue weighted by molar-refractivity contribution is 7.98. The number of benzene rings is 1. The molecule has 1 aromatic carbocycles. The summed E-state index contributed by atoms with van der Waals surface area (Å²) in [6.07, 6.45) is 5.68. The molecular weight excluding hydrogens is 330 g/mol. The number of hydrogen-bond acceptors (Lipinski definition) is 5. The van der Waals surface area contributed by atoms with Gasteiger partial charge >= 0.3 is 0 Å². The normalized spacial score (nSPS) is 16.4. The maximum Gasteiger partial charge on any atom is 0.0949 e. The molecule has 2 aromatic rings. The van der Waals surface area contributed by atoms with E-state index in [0.717, 1.165) is 25.4 Å². The molecule has 0 atom stereocenters. The first-order valence-electron chi connectivity index (χ1n) is 9.09. The topological polar surface area (TPSA) is 50.3 Å². The third-order valence-corrected chi connectivity index (χ3v) is 5.69. The lowest BCUT2D eigenvalue weighted by atomic mass is 10.1. The van der Waals surface area contributed by atoms with Crippen LogP contribution in [0.5, 0.6) is 0 Å². The molecule has 0 amide bonds. The van der Waals surface area contributed by atoms with Gasteiger partial charge in [0.15, 0.2) is 0 Å². The number of imidazole rings is 1. The molecular formula is C19H29N5S. The van der Waals surface area contributed by atoms with Gasteiger partial charge < -0.3 is 10.3 Å². The average Bonchev–Trinajstić information content (AvgIpc) is 3.15. The summed E-state index contributed by atoms with van der Waals surface area (Å²) in [5, 5.41) is 0. The number of thioether (sulfide) groups is 1. The van der Waals surface area contributed by atoms with Crippen molar-refractivity contribution in [3.8, 4) is 0 Å². The second-order valence-corrected chi connectivity index (χ2v) is 7.68. The first kappa shape index (κ1) is 18.5. The van der Waals surface area contributed by atoms with Crippen molar-refractivity contribution in [2.75, 3.05) is 51.6 Å². The van der Waals surface area contributed by atoms with Crippen LogP contribution in [0.1, 0.15) is 11.1 Å². The monoisotopic (exact) mass is 359 g/mol. The summed E-state index contributed by atoms with van der Waals surface area (Å²) >= 11 is 2.03. The minimum atomic E-state index is 0.775. The molecule has 3 rings (SSSR count). The van der Waals surface area contributed by atoms with Crippen LogP contribution < -0.4 is 5.73 Å². The minimum absolute atomic E-state index is 0.775. The largest absolute Gasteiger partial charge is 0.333 e. The molecule has 5 nitrogen and oxygen atoms in total. The van der Waals surface area contributed by atoms with E-state index in [0.29, 0.717) is 0 Å². The third kappa shape index (κ3) is 6.15. The molecule has 25 heavy (non-hydrogen) atoms. The van der Waals surface area contributed by atoms with Crippen LogP contribution in [-0.4, -0.2) is 70.9 Å². The van der Waals surface area contributed by atoms with Crippen LogP contribution in [0.25, 0.3) is 0 Å². The van der Waals surface area contributed by atoms with Gasteiger partial charge in [-0.3, -0.25) is 9.80 Å². The van der Waals surface area contributed by atoms with Crippen LogP contribution in [-0.2, 0) is 12.3 Å². The number of hydrogen-bond donors (Lipinski definition) is 1. The Bertz CT molecular complexity index is 591. The van der Waals surface area contributed by atoms with Crippen molar-refractivity contribution in [1.82, 2.24) is 19.4 Å². The molecule has 0 spiro atoms.